The average molecular weight is 321 g/mol. The first kappa shape index (κ1) is 14.6. The van der Waals surface area contributed by atoms with E-state index in [9.17, 15) is 13.6 Å². The number of halogens is 3. The molecule has 0 aliphatic carbocycles. The normalized spacial score (nSPS) is 11.2. The molecule has 0 saturated carbocycles. The highest BCUT2D eigenvalue weighted by atomic mass is 79.9. The van der Waals surface area contributed by atoms with E-state index in [2.05, 4.69) is 15.9 Å². The molecule has 6 heteroatoms. The topological polar surface area (TPSA) is 35.5 Å². The van der Waals surface area contributed by atoms with Gasteiger partial charge < -0.3 is 9.47 Å². The molecule has 18 heavy (non-hydrogen) atoms. The number of allylic oxidation sites excluding steroid dienone is 1. The summed E-state index contributed by atoms with van der Waals surface area (Å²) in [6.45, 7) is 1.90. The monoisotopic (exact) mass is 320 g/mol. The molecule has 3 nitrogen and oxygen atoms in total. The molecule has 0 N–H and O–H groups in total. The van der Waals surface area contributed by atoms with Crippen LogP contribution in [0, 0.1) is 11.6 Å². The number of carbonyl (C=O) groups excluding carboxylic acids is 1. The number of alkyl halides is 1. The van der Waals surface area contributed by atoms with E-state index in [0.717, 1.165) is 18.2 Å². The van der Waals surface area contributed by atoms with Gasteiger partial charge in [-0.05, 0) is 19.1 Å². The van der Waals surface area contributed by atoms with E-state index in [-0.39, 0.29) is 23.4 Å². The van der Waals surface area contributed by atoms with Crippen LogP contribution in [0.3, 0.4) is 0 Å². The third-order valence-corrected chi connectivity index (χ3v) is 2.38. The average Bonchev–Trinajstić information content (AvgIpc) is 2.31. The largest absolute Gasteiger partial charge is 0.463 e. The van der Waals surface area contributed by atoms with Gasteiger partial charge in [0.05, 0.1) is 18.0 Å². The van der Waals surface area contributed by atoms with Crippen molar-refractivity contribution < 1.29 is 23.0 Å². The Labute approximate surface area is 112 Å². The molecule has 0 atom stereocenters. The molecule has 98 valence electrons. The Morgan fingerprint density at radius 2 is 2.17 bits per heavy atom. The summed E-state index contributed by atoms with van der Waals surface area (Å²) >= 11 is 3.09. The summed E-state index contributed by atoms with van der Waals surface area (Å²) in [5.41, 5.74) is 0. The minimum Gasteiger partial charge on any atom is -0.463 e. The summed E-state index contributed by atoms with van der Waals surface area (Å²) in [7, 11) is 0. The Hall–Kier alpha value is -1.43. The first-order valence-corrected chi connectivity index (χ1v) is 6.25. The maximum atomic E-state index is 13.3. The molecule has 0 aliphatic heterocycles. The van der Waals surface area contributed by atoms with Gasteiger partial charge in [0.1, 0.15) is 11.6 Å². The van der Waals surface area contributed by atoms with E-state index in [1.165, 1.54) is 0 Å². The second-order valence-corrected chi connectivity index (χ2v) is 3.73. The van der Waals surface area contributed by atoms with Crippen LogP contribution in [0.4, 0.5) is 8.78 Å². The van der Waals surface area contributed by atoms with Gasteiger partial charge in [-0.15, -0.1) is 0 Å². The molecule has 0 amide bonds. The van der Waals surface area contributed by atoms with Gasteiger partial charge >= 0.3 is 5.97 Å². The van der Waals surface area contributed by atoms with Crippen molar-refractivity contribution in [2.75, 3.05) is 11.9 Å². The fourth-order valence-electron chi connectivity index (χ4n) is 1.11. The molecular formula is C12H11BrF2O3. The van der Waals surface area contributed by atoms with E-state index < -0.39 is 17.6 Å². The third kappa shape index (κ3) is 4.44. The highest BCUT2D eigenvalue weighted by Gasteiger charge is 2.09. The standard InChI is InChI=1S/C12H11BrF2O3/c1-2-17-12(16)6-9(7-13)18-11-4-3-8(14)5-10(11)15/h3-6H,2,7H2,1H3. The van der Waals surface area contributed by atoms with Gasteiger partial charge in [-0.2, -0.15) is 0 Å². The molecule has 0 fully saturated rings. The Bertz CT molecular complexity index is 461. The van der Waals surface area contributed by atoms with Crippen molar-refractivity contribution in [2.24, 2.45) is 0 Å². The number of hydrogen-bond donors (Lipinski definition) is 0. The number of carbonyl (C=O) groups is 1. The van der Waals surface area contributed by atoms with Gasteiger partial charge in [-0.3, -0.25) is 0 Å². The fourth-order valence-corrected chi connectivity index (χ4v) is 1.39. The summed E-state index contributed by atoms with van der Waals surface area (Å²) in [6, 6.07) is 2.91. The third-order valence-electron chi connectivity index (χ3n) is 1.83. The maximum Gasteiger partial charge on any atom is 0.334 e. The first-order chi connectivity index (χ1) is 8.56. The van der Waals surface area contributed by atoms with E-state index in [0.29, 0.717) is 6.07 Å². The number of benzene rings is 1. The van der Waals surface area contributed by atoms with E-state index >= 15 is 0 Å². The molecule has 1 aromatic carbocycles. The Kier molecular flexibility index (Phi) is 5.77. The lowest BCUT2D eigenvalue weighted by molar-refractivity contribution is -0.137. The van der Waals surface area contributed by atoms with Gasteiger partial charge in [-0.25, -0.2) is 13.6 Å². The summed E-state index contributed by atoms with van der Waals surface area (Å²) in [5.74, 6) is -2.12. The van der Waals surface area contributed by atoms with Gasteiger partial charge in [0, 0.05) is 6.07 Å². The van der Waals surface area contributed by atoms with Gasteiger partial charge in [0.15, 0.2) is 11.6 Å². The molecule has 0 aliphatic rings. The number of rotatable bonds is 5. The molecular weight excluding hydrogens is 310 g/mol. The molecule has 0 radical (unpaired) electrons. The van der Waals surface area contributed by atoms with Gasteiger partial charge in [0.25, 0.3) is 0 Å². The molecule has 0 spiro atoms. The van der Waals surface area contributed by atoms with Crippen LogP contribution >= 0.6 is 15.9 Å². The maximum absolute atomic E-state index is 13.3. The van der Waals surface area contributed by atoms with E-state index in [1.807, 2.05) is 0 Å². The van der Waals surface area contributed by atoms with Crippen LogP contribution in [0.2, 0.25) is 0 Å². The summed E-state index contributed by atoms with van der Waals surface area (Å²) in [6.07, 6.45) is 1.10. The van der Waals surface area contributed by atoms with E-state index in [1.54, 1.807) is 6.92 Å². The first-order valence-electron chi connectivity index (χ1n) is 5.13. The zero-order valence-electron chi connectivity index (χ0n) is 9.58. The van der Waals surface area contributed by atoms with Crippen LogP contribution in [0.1, 0.15) is 6.92 Å². The van der Waals surface area contributed by atoms with E-state index in [4.69, 9.17) is 9.47 Å². The lowest BCUT2D eigenvalue weighted by Crippen LogP contribution is -2.06. The SMILES string of the molecule is CCOC(=O)C=C(CBr)Oc1ccc(F)cc1F. The van der Waals surface area contributed by atoms with Crippen LogP contribution in [0.5, 0.6) is 5.75 Å². The Balaban J connectivity index is 2.82. The molecule has 0 unspecified atom stereocenters. The van der Waals surface area contributed by atoms with Crippen LogP contribution in [-0.2, 0) is 9.53 Å². The Morgan fingerprint density at radius 1 is 1.44 bits per heavy atom. The molecule has 0 saturated heterocycles. The zero-order chi connectivity index (χ0) is 13.5. The zero-order valence-corrected chi connectivity index (χ0v) is 11.2. The summed E-state index contributed by atoms with van der Waals surface area (Å²) in [4.78, 5) is 11.2. The quantitative estimate of drug-likeness (QED) is 0.362. The number of ether oxygens (including phenoxy) is 2. The highest BCUT2D eigenvalue weighted by molar-refractivity contribution is 9.09. The molecule has 1 rings (SSSR count). The molecule has 0 aromatic heterocycles. The minimum atomic E-state index is -0.842. The van der Waals surface area contributed by atoms with Crippen molar-refractivity contribution >= 4 is 21.9 Å². The molecule has 1 aromatic rings. The minimum absolute atomic E-state index is 0.161. The Morgan fingerprint density at radius 3 is 2.72 bits per heavy atom. The predicted molar refractivity (Wildman–Crippen MR) is 65.5 cm³/mol. The van der Waals surface area contributed by atoms with Gasteiger partial charge in [-0.1, -0.05) is 15.9 Å². The van der Waals surface area contributed by atoms with Crippen LogP contribution in [-0.4, -0.2) is 17.9 Å². The van der Waals surface area contributed by atoms with Crippen molar-refractivity contribution in [1.29, 1.82) is 0 Å². The second kappa shape index (κ2) is 7.10. The van der Waals surface area contributed by atoms with Crippen LogP contribution < -0.4 is 4.74 Å². The highest BCUT2D eigenvalue weighted by Crippen LogP contribution is 2.20. The summed E-state index contributed by atoms with van der Waals surface area (Å²) < 4.78 is 35.8. The molecule has 0 heterocycles. The van der Waals surface area contributed by atoms with Crippen molar-refractivity contribution in [2.45, 2.75) is 6.92 Å². The smallest absolute Gasteiger partial charge is 0.334 e. The predicted octanol–water partition coefficient (Wildman–Crippen LogP) is 3.19. The summed E-state index contributed by atoms with van der Waals surface area (Å²) in [5, 5.41) is 0.197. The lowest BCUT2D eigenvalue weighted by Gasteiger charge is -2.08. The van der Waals surface area contributed by atoms with Crippen molar-refractivity contribution in [1.82, 2.24) is 0 Å². The fraction of sp³-hybridized carbons (Fsp3) is 0.250. The van der Waals surface area contributed by atoms with Crippen molar-refractivity contribution in [3.63, 3.8) is 0 Å². The number of hydrogen-bond acceptors (Lipinski definition) is 3. The second-order valence-electron chi connectivity index (χ2n) is 3.17. The van der Waals surface area contributed by atoms with Crippen LogP contribution in [0.25, 0.3) is 0 Å². The number of esters is 1. The van der Waals surface area contributed by atoms with Crippen molar-refractivity contribution in [3.05, 3.63) is 41.7 Å². The van der Waals surface area contributed by atoms with Crippen LogP contribution in [0.15, 0.2) is 30.0 Å². The lowest BCUT2D eigenvalue weighted by atomic mass is 10.3. The molecule has 0 bridgehead atoms. The van der Waals surface area contributed by atoms with Gasteiger partial charge in [0.2, 0.25) is 0 Å². The van der Waals surface area contributed by atoms with Crippen molar-refractivity contribution in [3.8, 4) is 5.75 Å².